The minimum atomic E-state index is -0.189. The molecule has 0 spiro atoms. The lowest BCUT2D eigenvalue weighted by atomic mass is 10.2. The fourth-order valence-corrected chi connectivity index (χ4v) is 4.13. The van der Waals surface area contributed by atoms with Gasteiger partial charge in [-0.3, -0.25) is 14.3 Å². The Kier molecular flexibility index (Phi) is 7.84. The summed E-state index contributed by atoms with van der Waals surface area (Å²) in [5.41, 5.74) is 2.27. The number of rotatable bonds is 10. The van der Waals surface area contributed by atoms with E-state index in [2.05, 4.69) is 20.5 Å². The van der Waals surface area contributed by atoms with Gasteiger partial charge in [-0.25, -0.2) is 0 Å². The van der Waals surface area contributed by atoms with Crippen molar-refractivity contribution in [3.8, 4) is 34.3 Å². The first kappa shape index (κ1) is 24.1. The zero-order valence-electron chi connectivity index (χ0n) is 19.6. The summed E-state index contributed by atoms with van der Waals surface area (Å²) in [5.74, 6) is 2.48. The minimum absolute atomic E-state index is 0.135. The van der Waals surface area contributed by atoms with Crippen molar-refractivity contribution in [1.29, 1.82) is 0 Å². The number of benzene rings is 2. The summed E-state index contributed by atoms with van der Waals surface area (Å²) in [6.07, 6.45) is 3.43. The van der Waals surface area contributed by atoms with Crippen LogP contribution in [0.4, 0.5) is 5.69 Å². The lowest BCUT2D eigenvalue weighted by Crippen LogP contribution is -2.14. The standard InChI is InChI=1S/C25H25N5O4S/c1-4-34-20-10-8-19(9-11-20)30-24(17-6-5-13-26-15-17)28-29-25(30)35-16-23(31)27-18-7-12-21(32-2)22(14-18)33-3/h5-15H,4,16H2,1-3H3,(H,27,31). The number of methoxy groups -OCH3 is 2. The van der Waals surface area contributed by atoms with Crippen molar-refractivity contribution >= 4 is 23.4 Å². The number of hydrogen-bond acceptors (Lipinski definition) is 8. The van der Waals surface area contributed by atoms with Crippen molar-refractivity contribution in [3.05, 3.63) is 67.0 Å². The van der Waals surface area contributed by atoms with Crippen molar-refractivity contribution in [1.82, 2.24) is 19.7 Å². The number of anilines is 1. The molecule has 0 unspecified atom stereocenters. The van der Waals surface area contributed by atoms with Crippen LogP contribution in [0, 0.1) is 0 Å². The summed E-state index contributed by atoms with van der Waals surface area (Å²) >= 11 is 1.29. The highest BCUT2D eigenvalue weighted by molar-refractivity contribution is 7.99. The van der Waals surface area contributed by atoms with E-state index in [-0.39, 0.29) is 11.7 Å². The summed E-state index contributed by atoms with van der Waals surface area (Å²) in [4.78, 5) is 16.9. The van der Waals surface area contributed by atoms with Gasteiger partial charge in [0.1, 0.15) is 5.75 Å². The normalized spacial score (nSPS) is 10.6. The fourth-order valence-electron chi connectivity index (χ4n) is 3.38. The van der Waals surface area contributed by atoms with Gasteiger partial charge >= 0.3 is 0 Å². The molecule has 0 saturated heterocycles. The van der Waals surface area contributed by atoms with Gasteiger partial charge in [-0.15, -0.1) is 10.2 Å². The molecule has 180 valence electrons. The van der Waals surface area contributed by atoms with Gasteiger partial charge in [-0.1, -0.05) is 11.8 Å². The molecule has 2 heterocycles. The van der Waals surface area contributed by atoms with Crippen LogP contribution in [0.2, 0.25) is 0 Å². The molecule has 35 heavy (non-hydrogen) atoms. The first-order valence-electron chi connectivity index (χ1n) is 10.9. The monoisotopic (exact) mass is 491 g/mol. The SMILES string of the molecule is CCOc1ccc(-n2c(SCC(=O)Nc3ccc(OC)c(OC)c3)nnc2-c2cccnc2)cc1. The molecule has 1 N–H and O–H groups in total. The smallest absolute Gasteiger partial charge is 0.234 e. The highest BCUT2D eigenvalue weighted by Gasteiger charge is 2.18. The van der Waals surface area contributed by atoms with Crippen LogP contribution in [-0.2, 0) is 4.79 Å². The molecule has 0 bridgehead atoms. The summed E-state index contributed by atoms with van der Waals surface area (Å²) < 4.78 is 18.0. The van der Waals surface area contributed by atoms with Gasteiger partial charge < -0.3 is 19.5 Å². The summed E-state index contributed by atoms with van der Waals surface area (Å²) in [7, 11) is 3.11. The van der Waals surface area contributed by atoms with Crippen LogP contribution < -0.4 is 19.5 Å². The number of aromatic nitrogens is 4. The van der Waals surface area contributed by atoms with Crippen LogP contribution >= 0.6 is 11.8 Å². The van der Waals surface area contributed by atoms with Crippen molar-refractivity contribution < 1.29 is 19.0 Å². The zero-order chi connectivity index (χ0) is 24.6. The molecule has 1 amide bonds. The third-order valence-electron chi connectivity index (χ3n) is 4.96. The first-order chi connectivity index (χ1) is 17.1. The Labute approximate surface area is 207 Å². The molecule has 0 radical (unpaired) electrons. The molecular formula is C25H25N5O4S. The number of carbonyl (C=O) groups is 1. The number of carbonyl (C=O) groups excluding carboxylic acids is 1. The van der Waals surface area contributed by atoms with Crippen LogP contribution in [0.25, 0.3) is 17.1 Å². The van der Waals surface area contributed by atoms with Crippen LogP contribution in [0.1, 0.15) is 6.92 Å². The van der Waals surface area contributed by atoms with Crippen LogP contribution in [0.15, 0.2) is 72.1 Å². The molecule has 0 saturated carbocycles. The van der Waals surface area contributed by atoms with Gasteiger partial charge in [-0.2, -0.15) is 0 Å². The Balaban J connectivity index is 1.55. The van der Waals surface area contributed by atoms with Crippen LogP contribution in [0.3, 0.4) is 0 Å². The third kappa shape index (κ3) is 5.72. The van der Waals surface area contributed by atoms with E-state index in [4.69, 9.17) is 14.2 Å². The largest absolute Gasteiger partial charge is 0.494 e. The highest BCUT2D eigenvalue weighted by Crippen LogP contribution is 2.31. The van der Waals surface area contributed by atoms with Crippen LogP contribution in [-0.4, -0.2) is 52.2 Å². The van der Waals surface area contributed by atoms with Crippen molar-refractivity contribution in [2.45, 2.75) is 12.1 Å². The average molecular weight is 492 g/mol. The zero-order valence-corrected chi connectivity index (χ0v) is 20.4. The maximum atomic E-state index is 12.7. The van der Waals surface area contributed by atoms with E-state index in [1.165, 1.54) is 11.8 Å². The molecule has 4 aromatic rings. The van der Waals surface area contributed by atoms with E-state index in [0.717, 1.165) is 17.0 Å². The summed E-state index contributed by atoms with van der Waals surface area (Å²) in [6.45, 7) is 2.53. The third-order valence-corrected chi connectivity index (χ3v) is 5.89. The van der Waals surface area contributed by atoms with Gasteiger partial charge in [0.15, 0.2) is 22.5 Å². The van der Waals surface area contributed by atoms with Crippen molar-refractivity contribution in [2.75, 3.05) is 31.9 Å². The van der Waals surface area contributed by atoms with E-state index in [1.807, 2.05) is 47.9 Å². The number of nitrogens with zero attached hydrogens (tertiary/aromatic N) is 4. The topological polar surface area (TPSA) is 100 Å². The Morgan fingerprint density at radius 3 is 2.51 bits per heavy atom. The number of amides is 1. The second-order valence-corrected chi connectivity index (χ2v) is 8.16. The number of pyridine rings is 1. The Morgan fingerprint density at radius 1 is 1.03 bits per heavy atom. The molecule has 2 aromatic heterocycles. The molecule has 0 aliphatic rings. The Bertz CT molecular complexity index is 1280. The lowest BCUT2D eigenvalue weighted by molar-refractivity contribution is -0.113. The second-order valence-electron chi connectivity index (χ2n) is 7.22. The van der Waals surface area contributed by atoms with E-state index < -0.39 is 0 Å². The molecule has 0 fully saturated rings. The maximum absolute atomic E-state index is 12.7. The van der Waals surface area contributed by atoms with Gasteiger partial charge in [0, 0.05) is 35.4 Å². The molecule has 0 aliphatic heterocycles. The number of nitrogens with one attached hydrogen (secondary N) is 1. The fraction of sp³-hybridized carbons (Fsp3) is 0.200. The van der Waals surface area contributed by atoms with E-state index in [9.17, 15) is 4.79 Å². The van der Waals surface area contributed by atoms with Gasteiger partial charge in [0.2, 0.25) is 5.91 Å². The second kappa shape index (κ2) is 11.4. The number of hydrogen-bond donors (Lipinski definition) is 1. The molecule has 4 rings (SSSR count). The highest BCUT2D eigenvalue weighted by atomic mass is 32.2. The minimum Gasteiger partial charge on any atom is -0.494 e. The van der Waals surface area contributed by atoms with Crippen molar-refractivity contribution in [2.24, 2.45) is 0 Å². The van der Waals surface area contributed by atoms with Gasteiger partial charge in [0.05, 0.1) is 26.6 Å². The van der Waals surface area contributed by atoms with E-state index in [0.29, 0.717) is 34.8 Å². The van der Waals surface area contributed by atoms with Gasteiger partial charge in [-0.05, 0) is 55.5 Å². The lowest BCUT2D eigenvalue weighted by Gasteiger charge is -2.12. The quantitative estimate of drug-likeness (QED) is 0.324. The van der Waals surface area contributed by atoms with Gasteiger partial charge in [0.25, 0.3) is 0 Å². The molecule has 0 aliphatic carbocycles. The molecular weight excluding hydrogens is 466 g/mol. The molecule has 10 heteroatoms. The Hall–Kier alpha value is -4.05. The predicted molar refractivity (Wildman–Crippen MR) is 135 cm³/mol. The molecule has 9 nitrogen and oxygen atoms in total. The first-order valence-corrected chi connectivity index (χ1v) is 11.8. The number of ether oxygens (including phenoxy) is 3. The average Bonchev–Trinajstić information content (AvgIpc) is 3.32. The Morgan fingerprint density at radius 2 is 1.83 bits per heavy atom. The molecule has 0 atom stereocenters. The van der Waals surface area contributed by atoms with E-state index in [1.54, 1.807) is 44.8 Å². The summed E-state index contributed by atoms with van der Waals surface area (Å²) in [5, 5.41) is 12.2. The van der Waals surface area contributed by atoms with E-state index >= 15 is 0 Å². The summed E-state index contributed by atoms with van der Waals surface area (Å²) in [6, 6.07) is 16.6. The number of thioether (sulfide) groups is 1. The van der Waals surface area contributed by atoms with Crippen molar-refractivity contribution in [3.63, 3.8) is 0 Å². The molecule has 2 aromatic carbocycles. The predicted octanol–water partition coefficient (Wildman–Crippen LogP) is 4.48. The maximum Gasteiger partial charge on any atom is 0.234 e. The van der Waals surface area contributed by atoms with Crippen LogP contribution in [0.5, 0.6) is 17.2 Å².